The molecule has 1 amide bonds. The largest absolute Gasteiger partial charge is 0.486 e. The molecule has 0 saturated carbocycles. The molecule has 0 aliphatic heterocycles. The van der Waals surface area contributed by atoms with Crippen LogP contribution in [0.3, 0.4) is 0 Å². The van der Waals surface area contributed by atoms with E-state index in [4.69, 9.17) is 16.2 Å². The Morgan fingerprint density at radius 3 is 2.42 bits per heavy atom. The van der Waals surface area contributed by atoms with Gasteiger partial charge in [-0.3, -0.25) is 4.79 Å². The van der Waals surface area contributed by atoms with Gasteiger partial charge >= 0.3 is 0 Å². The molecule has 0 bridgehead atoms. The van der Waals surface area contributed by atoms with Crippen LogP contribution in [0.25, 0.3) is 0 Å². The van der Waals surface area contributed by atoms with E-state index < -0.39 is 0 Å². The van der Waals surface area contributed by atoms with Crippen LogP contribution in [0.2, 0.25) is 0 Å². The van der Waals surface area contributed by atoms with Crippen molar-refractivity contribution in [1.82, 2.24) is 20.3 Å². The van der Waals surface area contributed by atoms with Gasteiger partial charge in [0.15, 0.2) is 5.82 Å². The molecule has 8 nitrogen and oxygen atoms in total. The molecule has 1 aromatic heterocycles. The number of anilines is 2. The van der Waals surface area contributed by atoms with Gasteiger partial charge in [-0.15, -0.1) is 0 Å². The topological polar surface area (TPSA) is 129 Å². The van der Waals surface area contributed by atoms with Gasteiger partial charge < -0.3 is 21.5 Å². The molecule has 8 heteroatoms. The van der Waals surface area contributed by atoms with E-state index in [9.17, 15) is 4.79 Å². The summed E-state index contributed by atoms with van der Waals surface area (Å²) >= 11 is 0. The number of nitrogens with zero attached hydrogens (tertiary/aromatic N) is 3. The van der Waals surface area contributed by atoms with E-state index in [0.29, 0.717) is 23.7 Å². The Hall–Kier alpha value is -3.68. The highest BCUT2D eigenvalue weighted by molar-refractivity contribution is 5.94. The molecular formula is C18H18N6O2. The average molecular weight is 350 g/mol. The van der Waals surface area contributed by atoms with E-state index in [1.807, 2.05) is 30.3 Å². The molecule has 0 radical (unpaired) electrons. The minimum Gasteiger partial charge on any atom is -0.486 e. The number of carbonyl (C=O) groups excluding carboxylic acids is 1. The monoisotopic (exact) mass is 350 g/mol. The summed E-state index contributed by atoms with van der Waals surface area (Å²) in [7, 11) is 0. The van der Waals surface area contributed by atoms with Crippen LogP contribution < -0.4 is 21.5 Å². The highest BCUT2D eigenvalue weighted by Crippen LogP contribution is 2.15. The number of benzene rings is 2. The molecule has 0 saturated heterocycles. The second-order valence-corrected chi connectivity index (χ2v) is 5.45. The fourth-order valence-corrected chi connectivity index (χ4v) is 2.28. The van der Waals surface area contributed by atoms with Crippen LogP contribution in [0.4, 0.5) is 11.9 Å². The Morgan fingerprint density at radius 1 is 0.962 bits per heavy atom. The average Bonchev–Trinajstić information content (AvgIpc) is 2.65. The third-order valence-corrected chi connectivity index (χ3v) is 3.48. The van der Waals surface area contributed by atoms with Gasteiger partial charge in [-0.1, -0.05) is 36.4 Å². The number of nitrogens with one attached hydrogen (secondary N) is 1. The molecule has 1 heterocycles. The zero-order valence-corrected chi connectivity index (χ0v) is 13.9. The molecule has 0 fully saturated rings. The van der Waals surface area contributed by atoms with Crippen LogP contribution in [0.15, 0.2) is 54.6 Å². The molecule has 132 valence electrons. The highest BCUT2D eigenvalue weighted by Gasteiger charge is 2.08. The Kier molecular flexibility index (Phi) is 5.23. The first kappa shape index (κ1) is 17.2. The number of amides is 1. The zero-order valence-electron chi connectivity index (χ0n) is 13.9. The Balaban J connectivity index is 1.61. The summed E-state index contributed by atoms with van der Waals surface area (Å²) < 4.78 is 5.61. The molecule has 26 heavy (non-hydrogen) atoms. The van der Waals surface area contributed by atoms with Crippen LogP contribution in [0.5, 0.6) is 5.75 Å². The van der Waals surface area contributed by atoms with Crippen molar-refractivity contribution in [3.8, 4) is 5.75 Å². The van der Waals surface area contributed by atoms with E-state index in [1.54, 1.807) is 24.3 Å². The Labute approximate surface area is 150 Å². The maximum atomic E-state index is 12.3. The molecule has 0 spiro atoms. The van der Waals surface area contributed by atoms with Crippen molar-refractivity contribution in [2.24, 2.45) is 0 Å². The van der Waals surface area contributed by atoms with Gasteiger partial charge in [0.05, 0.1) is 0 Å². The number of nitrogen functional groups attached to an aromatic ring is 2. The molecule has 5 N–H and O–H groups in total. The van der Waals surface area contributed by atoms with E-state index >= 15 is 0 Å². The van der Waals surface area contributed by atoms with Crippen molar-refractivity contribution < 1.29 is 9.53 Å². The molecule has 0 aliphatic carbocycles. The van der Waals surface area contributed by atoms with E-state index in [2.05, 4.69) is 20.3 Å². The summed E-state index contributed by atoms with van der Waals surface area (Å²) in [5, 5.41) is 2.87. The number of hydrogen-bond donors (Lipinski definition) is 3. The zero-order chi connectivity index (χ0) is 18.4. The second-order valence-electron chi connectivity index (χ2n) is 5.45. The fourth-order valence-electron chi connectivity index (χ4n) is 2.28. The SMILES string of the molecule is Nc1nc(N)nc(COc2cccc(C(=O)NCc3ccccc3)c2)n1. The van der Waals surface area contributed by atoms with Crippen LogP contribution in [-0.4, -0.2) is 20.9 Å². The lowest BCUT2D eigenvalue weighted by Crippen LogP contribution is -2.22. The maximum Gasteiger partial charge on any atom is 0.251 e. The number of aromatic nitrogens is 3. The molecule has 2 aromatic carbocycles. The minimum atomic E-state index is -0.187. The maximum absolute atomic E-state index is 12.3. The van der Waals surface area contributed by atoms with Crippen LogP contribution in [0.1, 0.15) is 21.7 Å². The summed E-state index contributed by atoms with van der Waals surface area (Å²) in [5.74, 6) is 0.701. The quantitative estimate of drug-likeness (QED) is 0.615. The molecule has 0 atom stereocenters. The summed E-state index contributed by atoms with van der Waals surface area (Å²) in [6, 6.07) is 16.5. The van der Waals surface area contributed by atoms with Gasteiger partial charge in [-0.25, -0.2) is 0 Å². The first-order valence-corrected chi connectivity index (χ1v) is 7.91. The third-order valence-electron chi connectivity index (χ3n) is 3.48. The molecule has 0 aliphatic rings. The molecule has 3 rings (SSSR count). The lowest BCUT2D eigenvalue weighted by atomic mass is 10.2. The predicted molar refractivity (Wildman–Crippen MR) is 97.0 cm³/mol. The van der Waals surface area contributed by atoms with Gasteiger partial charge in [-0.05, 0) is 23.8 Å². The minimum absolute atomic E-state index is 0.0325. The predicted octanol–water partition coefficient (Wildman–Crippen LogP) is 1.54. The highest BCUT2D eigenvalue weighted by atomic mass is 16.5. The molecular weight excluding hydrogens is 332 g/mol. The van der Waals surface area contributed by atoms with Crippen molar-refractivity contribution >= 4 is 17.8 Å². The summed E-state index contributed by atoms with van der Waals surface area (Å²) in [5.41, 5.74) is 12.6. The summed E-state index contributed by atoms with van der Waals surface area (Å²) in [6.45, 7) is 0.514. The third kappa shape index (κ3) is 4.67. The van der Waals surface area contributed by atoms with Gasteiger partial charge in [0.2, 0.25) is 11.9 Å². The Morgan fingerprint density at radius 2 is 1.69 bits per heavy atom. The molecule has 3 aromatic rings. The second kappa shape index (κ2) is 7.93. The van der Waals surface area contributed by atoms with Crippen molar-refractivity contribution in [3.05, 3.63) is 71.5 Å². The van der Waals surface area contributed by atoms with Crippen LogP contribution >= 0.6 is 0 Å². The summed E-state index contributed by atoms with van der Waals surface area (Å²) in [6.07, 6.45) is 0. The standard InChI is InChI=1S/C18H18N6O2/c19-17-22-15(23-18(20)24-17)11-26-14-8-4-7-13(9-14)16(25)21-10-12-5-2-1-3-6-12/h1-9H,10-11H2,(H,21,25)(H4,19,20,22,23,24). The van der Waals surface area contributed by atoms with Gasteiger partial charge in [0.1, 0.15) is 12.4 Å². The Bertz CT molecular complexity index is 881. The van der Waals surface area contributed by atoms with Gasteiger partial charge in [-0.2, -0.15) is 15.0 Å². The lowest BCUT2D eigenvalue weighted by molar-refractivity contribution is 0.0950. The molecule has 0 unspecified atom stereocenters. The van der Waals surface area contributed by atoms with Crippen molar-refractivity contribution in [3.63, 3.8) is 0 Å². The lowest BCUT2D eigenvalue weighted by Gasteiger charge is -2.09. The van der Waals surface area contributed by atoms with Crippen LogP contribution in [-0.2, 0) is 13.2 Å². The number of nitrogens with two attached hydrogens (primary N) is 2. The first-order valence-electron chi connectivity index (χ1n) is 7.91. The van der Waals surface area contributed by atoms with Gasteiger partial charge in [0, 0.05) is 12.1 Å². The first-order chi connectivity index (χ1) is 12.6. The van der Waals surface area contributed by atoms with E-state index in [-0.39, 0.29) is 24.4 Å². The summed E-state index contributed by atoms with van der Waals surface area (Å²) in [4.78, 5) is 23.9. The van der Waals surface area contributed by atoms with Crippen molar-refractivity contribution in [1.29, 1.82) is 0 Å². The van der Waals surface area contributed by atoms with Gasteiger partial charge in [0.25, 0.3) is 5.91 Å². The fraction of sp³-hybridized carbons (Fsp3) is 0.111. The van der Waals surface area contributed by atoms with E-state index in [0.717, 1.165) is 5.56 Å². The number of carbonyl (C=O) groups is 1. The number of hydrogen-bond acceptors (Lipinski definition) is 7. The number of ether oxygens (including phenoxy) is 1. The normalized spacial score (nSPS) is 10.3. The van der Waals surface area contributed by atoms with Crippen molar-refractivity contribution in [2.45, 2.75) is 13.2 Å². The number of rotatable bonds is 6. The van der Waals surface area contributed by atoms with Crippen molar-refractivity contribution in [2.75, 3.05) is 11.5 Å². The van der Waals surface area contributed by atoms with Crippen LogP contribution in [0, 0.1) is 0 Å². The smallest absolute Gasteiger partial charge is 0.251 e. The van der Waals surface area contributed by atoms with E-state index in [1.165, 1.54) is 0 Å².